The van der Waals surface area contributed by atoms with E-state index < -0.39 is 16.1 Å². The summed E-state index contributed by atoms with van der Waals surface area (Å²) in [7, 11) is -3.71. The Balaban J connectivity index is 2.04. The average molecular weight is 429 g/mol. The van der Waals surface area contributed by atoms with E-state index in [1.165, 1.54) is 30.7 Å². The summed E-state index contributed by atoms with van der Waals surface area (Å²) in [4.78, 5) is 12.5. The van der Waals surface area contributed by atoms with Gasteiger partial charge < -0.3 is 5.32 Å². The van der Waals surface area contributed by atoms with Gasteiger partial charge in [0.15, 0.2) is 0 Å². The van der Waals surface area contributed by atoms with Crippen molar-refractivity contribution in [2.24, 2.45) is 0 Å². The van der Waals surface area contributed by atoms with Crippen molar-refractivity contribution in [3.63, 3.8) is 0 Å². The van der Waals surface area contributed by atoms with Crippen LogP contribution in [0.15, 0.2) is 48.5 Å². The minimum Gasteiger partial charge on any atom is -0.354 e. The number of hydrogen-bond acceptors (Lipinski definition) is 3. The third kappa shape index (κ3) is 6.41. The van der Waals surface area contributed by atoms with Crippen molar-refractivity contribution in [3.05, 3.63) is 64.1 Å². The van der Waals surface area contributed by atoms with Crippen LogP contribution in [0.3, 0.4) is 0 Å². The van der Waals surface area contributed by atoms with Crippen LogP contribution in [0.4, 0.5) is 5.69 Å². The largest absolute Gasteiger partial charge is 0.354 e. The zero-order chi connectivity index (χ0) is 20.0. The quantitative estimate of drug-likeness (QED) is 0.648. The molecule has 2 rings (SSSR count). The summed E-state index contributed by atoms with van der Waals surface area (Å²) >= 11 is 12.0. The molecule has 146 valence electrons. The molecule has 1 N–H and O–H groups in total. The molecule has 0 saturated carbocycles. The molecule has 2 aromatic carbocycles. The molecule has 5 nitrogen and oxygen atoms in total. The number of rotatable bonds is 8. The highest BCUT2D eigenvalue weighted by atomic mass is 35.5. The van der Waals surface area contributed by atoms with Gasteiger partial charge in [0.2, 0.25) is 15.9 Å². The Bertz CT molecular complexity index is 869. The lowest BCUT2D eigenvalue weighted by Gasteiger charge is -2.28. The number of anilines is 1. The second-order valence-corrected chi connectivity index (χ2v) is 8.97. The molecule has 1 amide bonds. The van der Waals surface area contributed by atoms with E-state index in [0.29, 0.717) is 16.6 Å². The number of amides is 1. The van der Waals surface area contributed by atoms with Crippen LogP contribution in [0, 0.1) is 0 Å². The van der Waals surface area contributed by atoms with E-state index in [4.69, 9.17) is 23.2 Å². The van der Waals surface area contributed by atoms with Crippen molar-refractivity contribution in [3.8, 4) is 0 Å². The molecule has 0 heterocycles. The molecule has 0 aliphatic carbocycles. The van der Waals surface area contributed by atoms with Crippen molar-refractivity contribution in [1.82, 2.24) is 5.32 Å². The van der Waals surface area contributed by atoms with Gasteiger partial charge in [0.25, 0.3) is 0 Å². The number of nitrogens with zero attached hydrogens (tertiary/aromatic N) is 1. The van der Waals surface area contributed by atoms with Crippen LogP contribution in [0.25, 0.3) is 0 Å². The Hall–Kier alpha value is -1.76. The fourth-order valence-electron chi connectivity index (χ4n) is 2.77. The zero-order valence-electron chi connectivity index (χ0n) is 15.2. The predicted octanol–water partition coefficient (Wildman–Crippen LogP) is 3.90. The van der Waals surface area contributed by atoms with E-state index in [1.807, 2.05) is 30.3 Å². The lowest BCUT2D eigenvalue weighted by atomic mass is 10.1. The fraction of sp³-hybridized carbons (Fsp3) is 0.316. The Morgan fingerprint density at radius 3 is 2.26 bits per heavy atom. The van der Waals surface area contributed by atoms with E-state index in [1.54, 1.807) is 0 Å². The summed E-state index contributed by atoms with van der Waals surface area (Å²) in [5.74, 6) is -0.385. The van der Waals surface area contributed by atoms with Gasteiger partial charge >= 0.3 is 0 Å². The van der Waals surface area contributed by atoms with Crippen LogP contribution in [0.5, 0.6) is 0 Å². The highest BCUT2D eigenvalue weighted by molar-refractivity contribution is 7.92. The molecular weight excluding hydrogens is 407 g/mol. The molecule has 0 aliphatic rings. The molecule has 0 fully saturated rings. The first-order chi connectivity index (χ1) is 12.7. The number of hydrogen-bond donors (Lipinski definition) is 1. The molecule has 0 radical (unpaired) electrons. The van der Waals surface area contributed by atoms with E-state index >= 15 is 0 Å². The summed E-state index contributed by atoms with van der Waals surface area (Å²) in [5, 5.41) is 3.38. The number of carbonyl (C=O) groups excluding carboxylic acids is 1. The maximum absolute atomic E-state index is 12.5. The third-order valence-corrected chi connectivity index (χ3v) is 5.65. The molecular formula is C19H22Cl2N2O3S. The van der Waals surface area contributed by atoms with Crippen molar-refractivity contribution in [1.29, 1.82) is 0 Å². The van der Waals surface area contributed by atoms with E-state index in [0.717, 1.165) is 23.4 Å². The number of aryl methyl sites for hydroxylation is 1. The van der Waals surface area contributed by atoms with Crippen LogP contribution >= 0.6 is 23.2 Å². The van der Waals surface area contributed by atoms with Crippen LogP contribution in [-0.4, -0.2) is 33.2 Å². The molecule has 0 spiro atoms. The SMILES string of the molecule is CC(C(=O)NCCCc1ccccc1)N(c1cc(Cl)cc(Cl)c1)S(C)(=O)=O. The van der Waals surface area contributed by atoms with Crippen molar-refractivity contribution >= 4 is 44.8 Å². The predicted molar refractivity (Wildman–Crippen MR) is 111 cm³/mol. The lowest BCUT2D eigenvalue weighted by molar-refractivity contribution is -0.121. The van der Waals surface area contributed by atoms with Crippen molar-refractivity contribution < 1.29 is 13.2 Å². The number of sulfonamides is 1. The summed E-state index contributed by atoms with van der Waals surface area (Å²) in [6, 6.07) is 13.4. The minimum absolute atomic E-state index is 0.252. The molecule has 8 heteroatoms. The summed E-state index contributed by atoms with van der Waals surface area (Å²) in [5.41, 5.74) is 1.44. The fourth-order valence-corrected chi connectivity index (χ4v) is 4.44. The smallest absolute Gasteiger partial charge is 0.243 e. The van der Waals surface area contributed by atoms with Gasteiger partial charge in [-0.3, -0.25) is 9.10 Å². The number of nitrogens with one attached hydrogen (secondary N) is 1. The first-order valence-corrected chi connectivity index (χ1v) is 11.1. The van der Waals surface area contributed by atoms with Crippen LogP contribution < -0.4 is 9.62 Å². The molecule has 0 aromatic heterocycles. The molecule has 1 atom stereocenters. The molecule has 1 unspecified atom stereocenters. The average Bonchev–Trinajstić information content (AvgIpc) is 2.57. The van der Waals surface area contributed by atoms with E-state index in [9.17, 15) is 13.2 Å². The first kappa shape index (κ1) is 21.5. The van der Waals surface area contributed by atoms with Crippen LogP contribution in [-0.2, 0) is 21.2 Å². The van der Waals surface area contributed by atoms with E-state index in [-0.39, 0.29) is 11.6 Å². The Kier molecular flexibility index (Phi) is 7.53. The number of halogens is 2. The van der Waals surface area contributed by atoms with E-state index in [2.05, 4.69) is 5.32 Å². The maximum atomic E-state index is 12.5. The van der Waals surface area contributed by atoms with Crippen molar-refractivity contribution in [2.45, 2.75) is 25.8 Å². The highest BCUT2D eigenvalue weighted by Gasteiger charge is 2.29. The van der Waals surface area contributed by atoms with Gasteiger partial charge in [0, 0.05) is 16.6 Å². The number of benzene rings is 2. The maximum Gasteiger partial charge on any atom is 0.243 e. The highest BCUT2D eigenvalue weighted by Crippen LogP contribution is 2.28. The Morgan fingerprint density at radius 2 is 1.70 bits per heavy atom. The normalized spacial score (nSPS) is 12.4. The van der Waals surface area contributed by atoms with Crippen LogP contribution in [0.1, 0.15) is 18.9 Å². The zero-order valence-corrected chi connectivity index (χ0v) is 17.5. The van der Waals surface area contributed by atoms with Gasteiger partial charge in [-0.1, -0.05) is 53.5 Å². The molecule has 2 aromatic rings. The summed E-state index contributed by atoms with van der Waals surface area (Å²) < 4.78 is 25.6. The third-order valence-electron chi connectivity index (χ3n) is 3.97. The molecule has 0 bridgehead atoms. The Morgan fingerprint density at radius 1 is 1.11 bits per heavy atom. The van der Waals surface area contributed by atoms with Gasteiger partial charge in [-0.2, -0.15) is 0 Å². The molecule has 0 aliphatic heterocycles. The van der Waals surface area contributed by atoms with Gasteiger partial charge in [-0.25, -0.2) is 8.42 Å². The summed E-state index contributed by atoms with van der Waals surface area (Å²) in [6.45, 7) is 1.98. The monoisotopic (exact) mass is 428 g/mol. The van der Waals surface area contributed by atoms with Gasteiger partial charge in [-0.15, -0.1) is 0 Å². The second kappa shape index (κ2) is 9.44. The molecule has 27 heavy (non-hydrogen) atoms. The first-order valence-electron chi connectivity index (χ1n) is 8.45. The van der Waals surface area contributed by atoms with Crippen LogP contribution in [0.2, 0.25) is 10.0 Å². The lowest BCUT2D eigenvalue weighted by Crippen LogP contribution is -2.48. The van der Waals surface area contributed by atoms with Gasteiger partial charge in [0.1, 0.15) is 6.04 Å². The molecule has 0 saturated heterocycles. The van der Waals surface area contributed by atoms with Gasteiger partial charge in [0.05, 0.1) is 11.9 Å². The van der Waals surface area contributed by atoms with Crippen molar-refractivity contribution in [2.75, 3.05) is 17.1 Å². The topological polar surface area (TPSA) is 66.5 Å². The standard InChI is InChI=1S/C19H22Cl2N2O3S/c1-14(19(24)22-10-6-9-15-7-4-3-5-8-15)23(27(2,25)26)18-12-16(20)11-17(21)13-18/h3-5,7-8,11-14H,6,9-10H2,1-2H3,(H,22,24). The summed E-state index contributed by atoms with van der Waals surface area (Å²) in [6.07, 6.45) is 2.63. The minimum atomic E-state index is -3.71. The number of carbonyl (C=O) groups is 1. The second-order valence-electron chi connectivity index (χ2n) is 6.24. The van der Waals surface area contributed by atoms with Gasteiger partial charge in [-0.05, 0) is 43.5 Å². The Labute approximate surface area is 170 Å².